The van der Waals surface area contributed by atoms with Crippen LogP contribution in [0, 0.1) is 5.41 Å². The highest BCUT2D eigenvalue weighted by Crippen LogP contribution is 2.33. The van der Waals surface area contributed by atoms with Gasteiger partial charge >= 0.3 is 0 Å². The van der Waals surface area contributed by atoms with E-state index in [0.717, 1.165) is 51.7 Å². The summed E-state index contributed by atoms with van der Waals surface area (Å²) in [6.07, 6.45) is 10.8. The number of carbonyl (C=O) groups excluding carboxylic acids is 1. The van der Waals surface area contributed by atoms with Gasteiger partial charge in [0, 0.05) is 6.54 Å². The average molecular weight is 252 g/mol. The molecule has 2 N–H and O–H groups in total. The van der Waals surface area contributed by atoms with E-state index in [1.807, 2.05) is 0 Å². The first kappa shape index (κ1) is 15.2. The molecule has 1 atom stereocenters. The lowest BCUT2D eigenvalue weighted by Crippen LogP contribution is -2.50. The van der Waals surface area contributed by atoms with Crippen LogP contribution in [0.2, 0.25) is 0 Å². The minimum Gasteiger partial charge on any atom is -0.369 e. The van der Waals surface area contributed by atoms with Crippen molar-refractivity contribution in [3.05, 3.63) is 12.2 Å². The molecule has 1 heterocycles. The van der Waals surface area contributed by atoms with Gasteiger partial charge in [0.05, 0.1) is 5.41 Å². The van der Waals surface area contributed by atoms with Crippen LogP contribution in [-0.2, 0) is 4.79 Å². The molecule has 1 aliphatic rings. The third-order valence-electron chi connectivity index (χ3n) is 4.10. The van der Waals surface area contributed by atoms with Crippen molar-refractivity contribution in [3.8, 4) is 0 Å². The Kier molecular flexibility index (Phi) is 6.41. The first-order valence-corrected chi connectivity index (χ1v) is 7.32. The standard InChI is InChI=1S/C15H28N2O/c1-3-5-6-7-8-11-17-12-9-10-15(4-2,13-17)14(16)18/h5-6H,3-4,7-13H2,1-2H3,(H2,16,18). The number of carbonyl (C=O) groups is 1. The molecule has 0 bridgehead atoms. The Morgan fingerprint density at radius 3 is 2.78 bits per heavy atom. The van der Waals surface area contributed by atoms with E-state index in [1.165, 1.54) is 6.42 Å². The highest BCUT2D eigenvalue weighted by atomic mass is 16.1. The number of rotatable bonds is 7. The van der Waals surface area contributed by atoms with Crippen LogP contribution >= 0.6 is 0 Å². The lowest BCUT2D eigenvalue weighted by molar-refractivity contribution is -0.131. The van der Waals surface area contributed by atoms with Gasteiger partial charge in [-0.3, -0.25) is 4.79 Å². The third kappa shape index (κ3) is 4.13. The predicted octanol–water partition coefficient (Wildman–Crippen LogP) is 2.71. The van der Waals surface area contributed by atoms with Crippen molar-refractivity contribution < 1.29 is 4.79 Å². The summed E-state index contributed by atoms with van der Waals surface area (Å²) < 4.78 is 0. The maximum absolute atomic E-state index is 11.7. The van der Waals surface area contributed by atoms with E-state index in [0.29, 0.717) is 0 Å². The normalized spacial score (nSPS) is 25.7. The second kappa shape index (κ2) is 7.57. The summed E-state index contributed by atoms with van der Waals surface area (Å²) in [5.41, 5.74) is 5.33. The Morgan fingerprint density at radius 1 is 1.39 bits per heavy atom. The van der Waals surface area contributed by atoms with Crippen LogP contribution in [0.4, 0.5) is 0 Å². The Labute approximate surface area is 111 Å². The number of allylic oxidation sites excluding steroid dienone is 2. The molecule has 0 saturated carbocycles. The van der Waals surface area contributed by atoms with Crippen molar-refractivity contribution in [3.63, 3.8) is 0 Å². The van der Waals surface area contributed by atoms with Crippen molar-refractivity contribution in [2.75, 3.05) is 19.6 Å². The number of nitrogens with two attached hydrogens (primary N) is 1. The van der Waals surface area contributed by atoms with Gasteiger partial charge in [0.15, 0.2) is 0 Å². The molecule has 3 nitrogen and oxygen atoms in total. The first-order valence-electron chi connectivity index (χ1n) is 7.32. The summed E-state index contributed by atoms with van der Waals surface area (Å²) in [7, 11) is 0. The minimum atomic E-state index is -0.266. The summed E-state index contributed by atoms with van der Waals surface area (Å²) in [6, 6.07) is 0. The highest BCUT2D eigenvalue weighted by Gasteiger charge is 2.38. The zero-order valence-electron chi connectivity index (χ0n) is 12.0. The molecule has 104 valence electrons. The van der Waals surface area contributed by atoms with Gasteiger partial charge in [-0.05, 0) is 51.6 Å². The molecule has 3 heteroatoms. The maximum Gasteiger partial charge on any atom is 0.224 e. The summed E-state index contributed by atoms with van der Waals surface area (Å²) >= 11 is 0. The molecule has 1 fully saturated rings. The van der Waals surface area contributed by atoms with E-state index in [1.54, 1.807) is 0 Å². The molecular weight excluding hydrogens is 224 g/mol. The number of primary amides is 1. The molecule has 0 radical (unpaired) electrons. The second-order valence-electron chi connectivity index (χ2n) is 5.40. The van der Waals surface area contributed by atoms with Crippen molar-refractivity contribution >= 4 is 5.91 Å². The van der Waals surface area contributed by atoms with Gasteiger partial charge in [-0.25, -0.2) is 0 Å². The third-order valence-corrected chi connectivity index (χ3v) is 4.10. The van der Waals surface area contributed by atoms with Crippen LogP contribution in [0.5, 0.6) is 0 Å². The molecule has 0 aromatic rings. The Balaban J connectivity index is 2.39. The first-order chi connectivity index (χ1) is 8.64. The molecular formula is C15H28N2O. The van der Waals surface area contributed by atoms with Crippen LogP contribution < -0.4 is 5.73 Å². The number of unbranched alkanes of at least 4 members (excludes halogenated alkanes) is 1. The molecule has 1 aliphatic heterocycles. The molecule has 0 aromatic carbocycles. The lowest BCUT2D eigenvalue weighted by Gasteiger charge is -2.40. The minimum absolute atomic E-state index is 0.111. The molecule has 0 aromatic heterocycles. The Bertz CT molecular complexity index is 288. The van der Waals surface area contributed by atoms with E-state index >= 15 is 0 Å². The van der Waals surface area contributed by atoms with Crippen LogP contribution in [0.15, 0.2) is 12.2 Å². The zero-order valence-corrected chi connectivity index (χ0v) is 12.0. The van der Waals surface area contributed by atoms with Crippen molar-refractivity contribution in [2.45, 2.75) is 52.4 Å². The van der Waals surface area contributed by atoms with Gasteiger partial charge in [0.25, 0.3) is 0 Å². The van der Waals surface area contributed by atoms with Crippen LogP contribution in [0.1, 0.15) is 52.4 Å². The van der Waals surface area contributed by atoms with E-state index in [4.69, 9.17) is 5.73 Å². The summed E-state index contributed by atoms with van der Waals surface area (Å²) in [5, 5.41) is 0. The molecule has 1 unspecified atom stereocenters. The Hall–Kier alpha value is -0.830. The van der Waals surface area contributed by atoms with Crippen LogP contribution in [0.25, 0.3) is 0 Å². The lowest BCUT2D eigenvalue weighted by atomic mass is 9.77. The van der Waals surface area contributed by atoms with Gasteiger partial charge in [-0.2, -0.15) is 0 Å². The molecule has 0 aliphatic carbocycles. The van der Waals surface area contributed by atoms with Crippen molar-refractivity contribution in [1.29, 1.82) is 0 Å². The maximum atomic E-state index is 11.7. The predicted molar refractivity (Wildman–Crippen MR) is 76.3 cm³/mol. The summed E-state index contributed by atoms with van der Waals surface area (Å²) in [5.74, 6) is -0.111. The summed E-state index contributed by atoms with van der Waals surface area (Å²) in [4.78, 5) is 14.1. The van der Waals surface area contributed by atoms with E-state index < -0.39 is 0 Å². The molecule has 1 rings (SSSR count). The number of amides is 1. The average Bonchev–Trinajstić information content (AvgIpc) is 2.38. The molecule has 18 heavy (non-hydrogen) atoms. The quantitative estimate of drug-likeness (QED) is 0.559. The zero-order chi connectivity index (χ0) is 13.4. The van der Waals surface area contributed by atoms with Gasteiger partial charge < -0.3 is 10.6 Å². The Morgan fingerprint density at radius 2 is 2.17 bits per heavy atom. The number of likely N-dealkylation sites (tertiary alicyclic amines) is 1. The molecule has 1 saturated heterocycles. The fourth-order valence-electron chi connectivity index (χ4n) is 2.80. The van der Waals surface area contributed by atoms with Crippen LogP contribution in [0.3, 0.4) is 0 Å². The highest BCUT2D eigenvalue weighted by molar-refractivity contribution is 5.81. The second-order valence-corrected chi connectivity index (χ2v) is 5.40. The topological polar surface area (TPSA) is 46.3 Å². The summed E-state index contributed by atoms with van der Waals surface area (Å²) in [6.45, 7) is 7.30. The monoisotopic (exact) mass is 252 g/mol. The molecule has 1 amide bonds. The van der Waals surface area contributed by atoms with E-state index in [2.05, 4.69) is 30.9 Å². The van der Waals surface area contributed by atoms with Crippen molar-refractivity contribution in [1.82, 2.24) is 4.90 Å². The molecule has 0 spiro atoms. The van der Waals surface area contributed by atoms with Crippen LogP contribution in [-0.4, -0.2) is 30.4 Å². The van der Waals surface area contributed by atoms with Gasteiger partial charge in [0.2, 0.25) is 5.91 Å². The smallest absolute Gasteiger partial charge is 0.224 e. The largest absolute Gasteiger partial charge is 0.369 e. The van der Waals surface area contributed by atoms with Crippen molar-refractivity contribution in [2.24, 2.45) is 11.1 Å². The van der Waals surface area contributed by atoms with Gasteiger partial charge in [-0.1, -0.05) is 26.0 Å². The fraction of sp³-hybridized carbons (Fsp3) is 0.800. The number of nitrogens with zero attached hydrogens (tertiary/aromatic N) is 1. The number of hydrogen-bond donors (Lipinski definition) is 1. The fourth-order valence-corrected chi connectivity index (χ4v) is 2.80. The van der Waals surface area contributed by atoms with Gasteiger partial charge in [-0.15, -0.1) is 0 Å². The SMILES string of the molecule is CCC=CCCCN1CCCC(CC)(C(N)=O)C1. The van der Waals surface area contributed by atoms with Gasteiger partial charge in [0.1, 0.15) is 0 Å². The van der Waals surface area contributed by atoms with E-state index in [9.17, 15) is 4.79 Å². The number of piperidine rings is 1. The number of hydrogen-bond acceptors (Lipinski definition) is 2. The van der Waals surface area contributed by atoms with E-state index in [-0.39, 0.29) is 11.3 Å².